The van der Waals surface area contributed by atoms with Crippen molar-refractivity contribution in [1.29, 1.82) is 0 Å². The third kappa shape index (κ3) is 5.00. The Kier molecular flexibility index (Phi) is 6.68. The highest BCUT2D eigenvalue weighted by Crippen LogP contribution is 2.22. The Balaban J connectivity index is 2.12. The smallest absolute Gasteiger partial charge is 0.272 e. The highest BCUT2D eigenvalue weighted by atomic mass is 79.9. The maximum atomic E-state index is 12.1. The molecule has 24 heavy (non-hydrogen) atoms. The molecule has 0 aliphatic rings. The Bertz CT molecular complexity index is 832. The molecule has 4 nitrogen and oxygen atoms in total. The summed E-state index contributed by atoms with van der Waals surface area (Å²) in [7, 11) is 0. The molecule has 0 aromatic heterocycles. The number of nitrogens with one attached hydrogen (secondary N) is 1. The van der Waals surface area contributed by atoms with Gasteiger partial charge in [0.25, 0.3) is 5.91 Å². The van der Waals surface area contributed by atoms with Crippen molar-refractivity contribution in [2.24, 2.45) is 5.10 Å². The van der Waals surface area contributed by atoms with Crippen LogP contribution in [0.15, 0.2) is 46.0 Å². The van der Waals surface area contributed by atoms with Gasteiger partial charge in [0, 0.05) is 15.1 Å². The average Bonchev–Trinajstić information content (AvgIpc) is 2.54. The van der Waals surface area contributed by atoms with Crippen molar-refractivity contribution in [2.45, 2.75) is 0 Å². The zero-order valence-electron chi connectivity index (χ0n) is 12.2. The second-order valence-electron chi connectivity index (χ2n) is 4.50. The molecule has 0 saturated carbocycles. The molecule has 0 spiro atoms. The zero-order chi connectivity index (χ0) is 17.5. The van der Waals surface area contributed by atoms with Gasteiger partial charge in [0.15, 0.2) is 0 Å². The summed E-state index contributed by atoms with van der Waals surface area (Å²) >= 11 is 15.1. The quantitative estimate of drug-likeness (QED) is 0.434. The summed E-state index contributed by atoms with van der Waals surface area (Å²) in [6, 6.07) is 9.94. The topological polar surface area (TPSA) is 50.7 Å². The van der Waals surface area contributed by atoms with Crippen molar-refractivity contribution in [1.82, 2.24) is 5.43 Å². The zero-order valence-corrected chi connectivity index (χ0v) is 15.3. The fourth-order valence-electron chi connectivity index (χ4n) is 1.77. The first-order valence-corrected chi connectivity index (χ1v) is 8.20. The Morgan fingerprint density at radius 1 is 1.33 bits per heavy atom. The van der Waals surface area contributed by atoms with E-state index in [4.69, 9.17) is 34.4 Å². The number of terminal acetylenes is 1. The standard InChI is InChI=1S/C17H11BrCl2N2O2/c1-2-7-24-16-6-3-12(18)8-11(16)10-21-22-17(23)14-5-4-13(19)9-15(14)20/h1,3-6,8-10H,7H2,(H,22,23)/b21-10+. The monoisotopic (exact) mass is 424 g/mol. The molecule has 0 heterocycles. The van der Waals surface area contributed by atoms with Crippen LogP contribution in [0.25, 0.3) is 0 Å². The molecule has 0 aliphatic carbocycles. The Morgan fingerprint density at radius 2 is 2.12 bits per heavy atom. The Labute approximate surface area is 157 Å². The first kappa shape index (κ1) is 18.3. The highest BCUT2D eigenvalue weighted by molar-refractivity contribution is 9.10. The van der Waals surface area contributed by atoms with Gasteiger partial charge in [-0.3, -0.25) is 4.79 Å². The molecule has 1 amide bonds. The van der Waals surface area contributed by atoms with Crippen LogP contribution < -0.4 is 10.2 Å². The van der Waals surface area contributed by atoms with Crippen molar-refractivity contribution < 1.29 is 9.53 Å². The molecule has 0 fully saturated rings. The molecule has 0 atom stereocenters. The number of benzene rings is 2. The number of hydrogen-bond donors (Lipinski definition) is 1. The number of rotatable bonds is 5. The SMILES string of the molecule is C#CCOc1ccc(Br)cc1/C=N/NC(=O)c1ccc(Cl)cc1Cl. The lowest BCUT2D eigenvalue weighted by Crippen LogP contribution is -2.18. The van der Waals surface area contributed by atoms with Gasteiger partial charge in [-0.15, -0.1) is 6.42 Å². The average molecular weight is 426 g/mol. The summed E-state index contributed by atoms with van der Waals surface area (Å²) in [6.07, 6.45) is 6.65. The number of carbonyl (C=O) groups excluding carboxylic acids is 1. The Hall–Kier alpha value is -2.00. The molecular weight excluding hydrogens is 415 g/mol. The summed E-state index contributed by atoms with van der Waals surface area (Å²) in [5, 5.41) is 4.62. The summed E-state index contributed by atoms with van der Waals surface area (Å²) in [5.41, 5.74) is 3.33. The van der Waals surface area contributed by atoms with Gasteiger partial charge in [-0.1, -0.05) is 45.1 Å². The number of amides is 1. The number of ether oxygens (including phenoxy) is 1. The molecule has 122 valence electrons. The lowest BCUT2D eigenvalue weighted by Gasteiger charge is -2.07. The lowest BCUT2D eigenvalue weighted by molar-refractivity contribution is 0.0955. The summed E-state index contributed by atoms with van der Waals surface area (Å²) < 4.78 is 6.26. The largest absolute Gasteiger partial charge is 0.480 e. The molecule has 2 rings (SSSR count). The maximum absolute atomic E-state index is 12.1. The van der Waals surface area contributed by atoms with E-state index in [-0.39, 0.29) is 17.2 Å². The summed E-state index contributed by atoms with van der Waals surface area (Å²) in [4.78, 5) is 12.1. The van der Waals surface area contributed by atoms with Crippen LogP contribution in [-0.2, 0) is 0 Å². The second kappa shape index (κ2) is 8.74. The van der Waals surface area contributed by atoms with Crippen molar-refractivity contribution in [3.63, 3.8) is 0 Å². The molecule has 2 aromatic carbocycles. The van der Waals surface area contributed by atoms with E-state index in [1.54, 1.807) is 18.2 Å². The van der Waals surface area contributed by atoms with Gasteiger partial charge in [0.1, 0.15) is 12.4 Å². The van der Waals surface area contributed by atoms with Crippen LogP contribution in [0.3, 0.4) is 0 Å². The van der Waals surface area contributed by atoms with Crippen LogP contribution in [-0.4, -0.2) is 18.7 Å². The predicted molar refractivity (Wildman–Crippen MR) is 100.0 cm³/mol. The first-order valence-electron chi connectivity index (χ1n) is 6.65. The lowest BCUT2D eigenvalue weighted by atomic mass is 10.2. The predicted octanol–water partition coefficient (Wildman–Crippen LogP) is 4.53. The number of carbonyl (C=O) groups is 1. The molecule has 0 radical (unpaired) electrons. The molecule has 1 N–H and O–H groups in total. The van der Waals surface area contributed by atoms with E-state index in [1.165, 1.54) is 18.3 Å². The van der Waals surface area contributed by atoms with Crippen LogP contribution in [0.2, 0.25) is 10.0 Å². The van der Waals surface area contributed by atoms with Crippen LogP contribution in [0.5, 0.6) is 5.75 Å². The molecule has 0 aliphatic heterocycles. The minimum absolute atomic E-state index is 0.134. The van der Waals surface area contributed by atoms with E-state index in [0.717, 1.165) is 4.47 Å². The van der Waals surface area contributed by atoms with E-state index in [9.17, 15) is 4.79 Å². The number of hydrogen-bond acceptors (Lipinski definition) is 3. The first-order chi connectivity index (χ1) is 11.5. The maximum Gasteiger partial charge on any atom is 0.272 e. The number of nitrogens with zero attached hydrogens (tertiary/aromatic N) is 1. The van der Waals surface area contributed by atoms with E-state index in [2.05, 4.69) is 32.4 Å². The summed E-state index contributed by atoms with van der Waals surface area (Å²) in [6.45, 7) is 0.134. The van der Waals surface area contributed by atoms with E-state index in [1.807, 2.05) is 6.07 Å². The third-order valence-corrected chi connectivity index (χ3v) is 3.87. The minimum Gasteiger partial charge on any atom is -0.480 e. The molecule has 0 bridgehead atoms. The number of hydrazone groups is 1. The minimum atomic E-state index is -0.450. The van der Waals surface area contributed by atoms with Gasteiger partial charge in [-0.25, -0.2) is 5.43 Å². The van der Waals surface area contributed by atoms with E-state index < -0.39 is 5.91 Å². The normalized spacial score (nSPS) is 10.4. The summed E-state index contributed by atoms with van der Waals surface area (Å²) in [5.74, 6) is 2.50. The van der Waals surface area contributed by atoms with E-state index in [0.29, 0.717) is 16.3 Å². The van der Waals surface area contributed by atoms with Gasteiger partial charge in [0.2, 0.25) is 0 Å². The molecule has 0 unspecified atom stereocenters. The van der Waals surface area contributed by atoms with Gasteiger partial charge in [-0.05, 0) is 36.4 Å². The fourth-order valence-corrected chi connectivity index (χ4v) is 2.64. The van der Waals surface area contributed by atoms with Crippen molar-refractivity contribution in [2.75, 3.05) is 6.61 Å². The van der Waals surface area contributed by atoms with Crippen molar-refractivity contribution in [3.8, 4) is 18.1 Å². The van der Waals surface area contributed by atoms with Crippen LogP contribution in [0.1, 0.15) is 15.9 Å². The molecule has 2 aromatic rings. The van der Waals surface area contributed by atoms with Gasteiger partial charge in [-0.2, -0.15) is 5.10 Å². The van der Waals surface area contributed by atoms with Crippen LogP contribution >= 0.6 is 39.1 Å². The second-order valence-corrected chi connectivity index (χ2v) is 6.26. The van der Waals surface area contributed by atoms with Crippen LogP contribution in [0.4, 0.5) is 0 Å². The number of halogens is 3. The molecule has 7 heteroatoms. The third-order valence-electron chi connectivity index (χ3n) is 2.83. The van der Waals surface area contributed by atoms with Crippen molar-refractivity contribution >= 4 is 51.3 Å². The molecule has 0 saturated heterocycles. The molecular formula is C17H11BrCl2N2O2. The van der Waals surface area contributed by atoms with Crippen LogP contribution in [0, 0.1) is 12.3 Å². The Morgan fingerprint density at radius 3 is 2.83 bits per heavy atom. The fraction of sp³-hybridized carbons (Fsp3) is 0.0588. The van der Waals surface area contributed by atoms with Gasteiger partial charge in [0.05, 0.1) is 16.8 Å². The van der Waals surface area contributed by atoms with Gasteiger partial charge < -0.3 is 4.74 Å². The van der Waals surface area contributed by atoms with Crippen molar-refractivity contribution in [3.05, 3.63) is 62.0 Å². The van der Waals surface area contributed by atoms with Gasteiger partial charge >= 0.3 is 0 Å². The van der Waals surface area contributed by atoms with E-state index >= 15 is 0 Å². The highest BCUT2D eigenvalue weighted by Gasteiger charge is 2.10.